The van der Waals surface area contributed by atoms with Gasteiger partial charge in [-0.25, -0.2) is 9.37 Å². The Kier molecular flexibility index (Phi) is 5.24. The van der Waals surface area contributed by atoms with Gasteiger partial charge in [0.05, 0.1) is 12.2 Å². The maximum absolute atomic E-state index is 14.3. The van der Waals surface area contributed by atoms with E-state index < -0.39 is 12.2 Å². The van der Waals surface area contributed by atoms with E-state index in [4.69, 9.17) is 11.6 Å². The van der Waals surface area contributed by atoms with Gasteiger partial charge in [-0.2, -0.15) is 13.2 Å². The maximum atomic E-state index is 14.3. The Hall–Kier alpha value is -2.92. The van der Waals surface area contributed by atoms with E-state index in [2.05, 4.69) is 20.1 Å². The van der Waals surface area contributed by atoms with Gasteiger partial charge in [0, 0.05) is 48.9 Å². The number of halogens is 5. The first-order valence-electron chi connectivity index (χ1n) is 11.7. The predicted molar refractivity (Wildman–Crippen MR) is 127 cm³/mol. The monoisotopic (exact) mass is 521 g/mol. The van der Waals surface area contributed by atoms with Crippen molar-refractivity contribution in [3.63, 3.8) is 0 Å². The van der Waals surface area contributed by atoms with Crippen molar-refractivity contribution < 1.29 is 17.6 Å². The van der Waals surface area contributed by atoms with Crippen molar-refractivity contribution in [2.75, 3.05) is 36.0 Å². The Balaban J connectivity index is 1.26. The number of anilines is 2. The molecule has 1 atom stereocenters. The average Bonchev–Trinajstić information content (AvgIpc) is 3.08. The van der Waals surface area contributed by atoms with Gasteiger partial charge >= 0.3 is 6.18 Å². The van der Waals surface area contributed by atoms with E-state index in [1.165, 1.54) is 11.0 Å². The minimum atomic E-state index is -4.37. The third kappa shape index (κ3) is 3.80. The van der Waals surface area contributed by atoms with Gasteiger partial charge in [-0.1, -0.05) is 11.6 Å². The zero-order valence-electron chi connectivity index (χ0n) is 19.7. The van der Waals surface area contributed by atoms with Crippen LogP contribution in [0.2, 0.25) is 5.02 Å². The summed E-state index contributed by atoms with van der Waals surface area (Å²) in [4.78, 5) is 9.71. The lowest BCUT2D eigenvalue weighted by Crippen LogP contribution is -2.73. The molecule has 6 rings (SSSR count). The third-order valence-electron chi connectivity index (χ3n) is 7.39. The lowest BCUT2D eigenvalue weighted by Gasteiger charge is -2.60. The summed E-state index contributed by atoms with van der Waals surface area (Å²) in [5, 5.41) is 9.13. The van der Waals surface area contributed by atoms with Crippen molar-refractivity contribution in [2.45, 2.75) is 39.2 Å². The first-order chi connectivity index (χ1) is 17.0. The predicted octanol–water partition coefficient (Wildman–Crippen LogP) is 4.36. The molecule has 2 fully saturated rings. The van der Waals surface area contributed by atoms with Gasteiger partial charge in [0.2, 0.25) is 5.95 Å². The highest BCUT2D eigenvalue weighted by atomic mass is 35.5. The summed E-state index contributed by atoms with van der Waals surface area (Å²) in [5.74, 6) is 1.09. The number of nitrogens with zero attached hydrogens (tertiary/aromatic N) is 7. The van der Waals surface area contributed by atoms with Crippen LogP contribution < -0.4 is 9.80 Å². The van der Waals surface area contributed by atoms with Crippen LogP contribution in [-0.4, -0.2) is 63.0 Å². The summed E-state index contributed by atoms with van der Waals surface area (Å²) >= 11 is 6.21. The van der Waals surface area contributed by atoms with Gasteiger partial charge in [-0.3, -0.25) is 9.47 Å². The molecule has 0 aliphatic carbocycles. The average molecular weight is 522 g/mol. The van der Waals surface area contributed by atoms with Gasteiger partial charge in [0.25, 0.3) is 0 Å². The Labute approximate surface area is 210 Å². The molecule has 3 aliphatic heterocycles. The molecule has 5 heterocycles. The van der Waals surface area contributed by atoms with Crippen LogP contribution in [0.25, 0.3) is 5.69 Å². The quantitative estimate of drug-likeness (QED) is 0.478. The molecule has 7 nitrogen and oxygen atoms in total. The highest BCUT2D eigenvalue weighted by Gasteiger charge is 2.54. The molecule has 3 aromatic rings. The lowest BCUT2D eigenvalue weighted by atomic mass is 9.73. The summed E-state index contributed by atoms with van der Waals surface area (Å²) in [6.45, 7) is 5.84. The first-order valence-corrected chi connectivity index (χ1v) is 12.1. The van der Waals surface area contributed by atoms with E-state index in [-0.39, 0.29) is 24.3 Å². The standard InChI is InChI=1S/C24H24ClF4N7/c1-14-3-5-18(26)21(30-14)34-10-23(11-34)12-35(13-23)22-32-31-20-9-33(15(2)24(27,28)29)8-16-7-17(25)4-6-19(16)36(20)22/h3-7,15H,8-13H2,1-2H3. The number of aromatic nitrogens is 4. The number of hydrogen-bond acceptors (Lipinski definition) is 6. The van der Waals surface area contributed by atoms with E-state index in [1.807, 2.05) is 22.5 Å². The second-order valence-corrected chi connectivity index (χ2v) is 10.6. The van der Waals surface area contributed by atoms with Crippen LogP contribution in [0.3, 0.4) is 0 Å². The van der Waals surface area contributed by atoms with Crippen LogP contribution in [0.4, 0.5) is 29.3 Å². The molecular weight excluding hydrogens is 498 g/mol. The summed E-state index contributed by atoms with van der Waals surface area (Å²) < 4.78 is 56.8. The van der Waals surface area contributed by atoms with Crippen molar-refractivity contribution in [1.82, 2.24) is 24.6 Å². The molecule has 1 aromatic carbocycles. The van der Waals surface area contributed by atoms with Crippen molar-refractivity contribution in [2.24, 2.45) is 5.41 Å². The molecule has 12 heteroatoms. The van der Waals surface area contributed by atoms with Crippen molar-refractivity contribution in [3.8, 4) is 5.69 Å². The molecule has 3 aliphatic rings. The van der Waals surface area contributed by atoms with E-state index in [0.29, 0.717) is 54.4 Å². The highest BCUT2D eigenvalue weighted by molar-refractivity contribution is 6.30. The molecule has 0 saturated carbocycles. The van der Waals surface area contributed by atoms with Crippen molar-refractivity contribution in [1.29, 1.82) is 0 Å². The van der Waals surface area contributed by atoms with Crippen molar-refractivity contribution >= 4 is 23.4 Å². The molecule has 1 spiro atoms. The molecule has 1 unspecified atom stereocenters. The fourth-order valence-corrected chi connectivity index (χ4v) is 5.66. The van der Waals surface area contributed by atoms with E-state index in [0.717, 1.165) is 18.3 Å². The van der Waals surface area contributed by atoms with E-state index in [1.54, 1.807) is 18.2 Å². The van der Waals surface area contributed by atoms with Gasteiger partial charge in [0.1, 0.15) is 6.04 Å². The Morgan fingerprint density at radius 1 is 1.00 bits per heavy atom. The number of hydrogen-bond donors (Lipinski definition) is 0. The summed E-state index contributed by atoms with van der Waals surface area (Å²) in [6.07, 6.45) is -4.37. The molecule has 190 valence electrons. The molecule has 36 heavy (non-hydrogen) atoms. The maximum Gasteiger partial charge on any atom is 0.403 e. The molecule has 0 amide bonds. The van der Waals surface area contributed by atoms with E-state index in [9.17, 15) is 17.6 Å². The Bertz CT molecular complexity index is 1330. The fraction of sp³-hybridized carbons (Fsp3) is 0.458. The number of rotatable bonds is 3. The van der Waals surface area contributed by atoms with Crippen LogP contribution in [0.15, 0.2) is 30.3 Å². The summed E-state index contributed by atoms with van der Waals surface area (Å²) in [6, 6.07) is 6.67. The second kappa shape index (κ2) is 8.04. The van der Waals surface area contributed by atoms with Gasteiger partial charge in [0.15, 0.2) is 17.5 Å². The lowest BCUT2D eigenvalue weighted by molar-refractivity contribution is -0.182. The molecule has 0 N–H and O–H groups in total. The van der Waals surface area contributed by atoms with Crippen LogP contribution in [0, 0.1) is 18.2 Å². The number of pyridine rings is 1. The van der Waals surface area contributed by atoms with Crippen LogP contribution in [-0.2, 0) is 13.1 Å². The minimum Gasteiger partial charge on any atom is -0.353 e. The Morgan fingerprint density at radius 2 is 1.72 bits per heavy atom. The number of alkyl halides is 3. The third-order valence-corrected chi connectivity index (χ3v) is 7.62. The van der Waals surface area contributed by atoms with E-state index >= 15 is 0 Å². The summed E-state index contributed by atoms with van der Waals surface area (Å²) in [7, 11) is 0. The van der Waals surface area contributed by atoms with Crippen LogP contribution >= 0.6 is 11.6 Å². The van der Waals surface area contributed by atoms with Crippen LogP contribution in [0.1, 0.15) is 24.0 Å². The molecule has 2 saturated heterocycles. The minimum absolute atomic E-state index is 0.00500. The summed E-state index contributed by atoms with van der Waals surface area (Å²) in [5.41, 5.74) is 2.17. The molecular formula is C24H24ClF4N7. The molecule has 0 bridgehead atoms. The first kappa shape index (κ1) is 23.5. The fourth-order valence-electron chi connectivity index (χ4n) is 5.46. The van der Waals surface area contributed by atoms with Crippen molar-refractivity contribution in [3.05, 3.63) is 58.3 Å². The van der Waals surface area contributed by atoms with Gasteiger partial charge < -0.3 is 9.80 Å². The molecule has 0 radical (unpaired) electrons. The zero-order chi connectivity index (χ0) is 25.4. The van der Waals surface area contributed by atoms with Gasteiger partial charge in [-0.15, -0.1) is 10.2 Å². The number of fused-ring (bicyclic) bond motifs is 3. The largest absolute Gasteiger partial charge is 0.403 e. The smallest absolute Gasteiger partial charge is 0.353 e. The molecule has 2 aromatic heterocycles. The topological polar surface area (TPSA) is 53.3 Å². The van der Waals surface area contributed by atoms with Crippen LogP contribution in [0.5, 0.6) is 0 Å². The zero-order valence-corrected chi connectivity index (χ0v) is 20.5. The number of aryl methyl sites for hydroxylation is 1. The number of benzene rings is 1. The Morgan fingerprint density at radius 3 is 2.44 bits per heavy atom. The highest BCUT2D eigenvalue weighted by Crippen LogP contribution is 2.44. The normalized spacial score (nSPS) is 19.9. The van der Waals surface area contributed by atoms with Gasteiger partial charge in [-0.05, 0) is 49.7 Å². The SMILES string of the molecule is Cc1ccc(F)c(N2CC3(C2)CN(c2nnc4n2-c2ccc(Cl)cc2CN(C(C)C(F)(F)F)C4)C3)n1. The second-order valence-electron chi connectivity index (χ2n) is 10.1.